The molecular formula is C13H23N5O2. The van der Waals surface area contributed by atoms with Crippen LogP contribution >= 0.6 is 0 Å². The summed E-state index contributed by atoms with van der Waals surface area (Å²) in [5.74, 6) is 0.696. The van der Waals surface area contributed by atoms with Gasteiger partial charge in [-0.05, 0) is 13.0 Å². The monoisotopic (exact) mass is 281 g/mol. The minimum Gasteiger partial charge on any atom is -0.379 e. The van der Waals surface area contributed by atoms with Gasteiger partial charge in [0.05, 0.1) is 19.1 Å². The number of ether oxygens (including phenoxy) is 1. The minimum absolute atomic E-state index is 0.0482. The van der Waals surface area contributed by atoms with Crippen LogP contribution in [0.5, 0.6) is 0 Å². The van der Waals surface area contributed by atoms with Crippen LogP contribution in [0.1, 0.15) is 19.2 Å². The van der Waals surface area contributed by atoms with Gasteiger partial charge in [0.25, 0.3) is 0 Å². The van der Waals surface area contributed by atoms with Crippen LogP contribution in [-0.2, 0) is 23.0 Å². The molecule has 0 radical (unpaired) electrons. The Labute approximate surface area is 119 Å². The van der Waals surface area contributed by atoms with E-state index in [1.165, 1.54) is 0 Å². The molecule has 2 atom stereocenters. The topological polar surface area (TPSA) is 81.1 Å². The highest BCUT2D eigenvalue weighted by atomic mass is 16.5. The Kier molecular flexibility index (Phi) is 5.49. The number of carbonyl (C=O) groups is 1. The van der Waals surface area contributed by atoms with Gasteiger partial charge in [0.2, 0.25) is 5.91 Å². The molecule has 7 heteroatoms. The third kappa shape index (κ3) is 4.01. The molecule has 20 heavy (non-hydrogen) atoms. The zero-order chi connectivity index (χ0) is 14.4. The molecule has 2 N–H and O–H groups in total. The number of nitrogens with zero attached hydrogens (tertiary/aromatic N) is 3. The second-order valence-electron chi connectivity index (χ2n) is 5.08. The van der Waals surface area contributed by atoms with Crippen molar-refractivity contribution in [1.29, 1.82) is 0 Å². The normalized spacial score (nSPS) is 22.1. The molecule has 7 nitrogen and oxygen atoms in total. The van der Waals surface area contributed by atoms with Crippen molar-refractivity contribution in [2.45, 2.75) is 25.8 Å². The summed E-state index contributed by atoms with van der Waals surface area (Å²) in [4.78, 5) is 16.3. The molecule has 2 unspecified atom stereocenters. The van der Waals surface area contributed by atoms with Crippen LogP contribution in [0.4, 0.5) is 0 Å². The largest absolute Gasteiger partial charge is 0.379 e. The van der Waals surface area contributed by atoms with Crippen molar-refractivity contribution in [3.05, 3.63) is 12.2 Å². The zero-order valence-electron chi connectivity index (χ0n) is 12.1. The number of amides is 1. The molecule has 1 fully saturated rings. The molecule has 0 aliphatic carbocycles. The lowest BCUT2D eigenvalue weighted by Crippen LogP contribution is -2.44. The van der Waals surface area contributed by atoms with Crippen LogP contribution in [0.15, 0.2) is 6.33 Å². The number of aromatic nitrogens is 3. The van der Waals surface area contributed by atoms with E-state index in [9.17, 15) is 4.79 Å². The summed E-state index contributed by atoms with van der Waals surface area (Å²) >= 11 is 0. The Morgan fingerprint density at radius 2 is 2.35 bits per heavy atom. The molecule has 1 aromatic heterocycles. The summed E-state index contributed by atoms with van der Waals surface area (Å²) in [5, 5.41) is 10.5. The van der Waals surface area contributed by atoms with Gasteiger partial charge in [-0.15, -0.1) is 0 Å². The van der Waals surface area contributed by atoms with E-state index in [-0.39, 0.29) is 17.9 Å². The maximum absolute atomic E-state index is 12.1. The Morgan fingerprint density at radius 1 is 1.50 bits per heavy atom. The Bertz CT molecular complexity index is 434. The summed E-state index contributed by atoms with van der Waals surface area (Å²) in [6.07, 6.45) is 3.36. The van der Waals surface area contributed by atoms with Gasteiger partial charge >= 0.3 is 0 Å². The molecule has 0 bridgehead atoms. The van der Waals surface area contributed by atoms with Crippen LogP contribution in [0.25, 0.3) is 0 Å². The average Bonchev–Trinajstić information content (AvgIpc) is 3.05. The van der Waals surface area contributed by atoms with Gasteiger partial charge in [-0.3, -0.25) is 9.48 Å². The molecule has 1 aliphatic heterocycles. The smallest absolute Gasteiger partial charge is 0.227 e. The van der Waals surface area contributed by atoms with E-state index in [4.69, 9.17) is 4.74 Å². The second kappa shape index (κ2) is 7.35. The Balaban J connectivity index is 1.73. The van der Waals surface area contributed by atoms with Crippen LogP contribution < -0.4 is 10.6 Å². The molecule has 1 aromatic rings. The van der Waals surface area contributed by atoms with Crippen molar-refractivity contribution in [2.24, 2.45) is 13.0 Å². The fourth-order valence-electron chi connectivity index (χ4n) is 2.27. The molecule has 112 valence electrons. The standard InChI is InChI=1S/C13H23N5O2/c1-3-5-14-11-8-20-7-10(11)13(19)15-6-4-12-16-9-18(2)17-12/h9-11,14H,3-8H2,1-2H3,(H,15,19). The van der Waals surface area contributed by atoms with Gasteiger partial charge in [-0.2, -0.15) is 5.10 Å². The molecule has 2 heterocycles. The van der Waals surface area contributed by atoms with E-state index in [0.717, 1.165) is 18.8 Å². The van der Waals surface area contributed by atoms with Crippen molar-refractivity contribution in [1.82, 2.24) is 25.4 Å². The van der Waals surface area contributed by atoms with Gasteiger partial charge in [0.15, 0.2) is 5.82 Å². The zero-order valence-corrected chi connectivity index (χ0v) is 12.1. The fraction of sp³-hybridized carbons (Fsp3) is 0.769. The number of hydrogen-bond donors (Lipinski definition) is 2. The van der Waals surface area contributed by atoms with E-state index >= 15 is 0 Å². The van der Waals surface area contributed by atoms with Crippen molar-refractivity contribution < 1.29 is 9.53 Å². The third-order valence-corrected chi connectivity index (χ3v) is 3.37. The first-order valence-corrected chi connectivity index (χ1v) is 7.14. The molecule has 0 aromatic carbocycles. The van der Waals surface area contributed by atoms with Crippen molar-refractivity contribution in [2.75, 3.05) is 26.3 Å². The molecule has 1 saturated heterocycles. The average molecular weight is 281 g/mol. The second-order valence-corrected chi connectivity index (χ2v) is 5.08. The number of hydrogen-bond acceptors (Lipinski definition) is 5. The number of rotatable bonds is 7. The lowest BCUT2D eigenvalue weighted by molar-refractivity contribution is -0.125. The lowest BCUT2D eigenvalue weighted by atomic mass is 10.0. The maximum atomic E-state index is 12.1. The predicted molar refractivity (Wildman–Crippen MR) is 74.1 cm³/mol. The summed E-state index contributed by atoms with van der Waals surface area (Å²) in [5.41, 5.74) is 0. The molecule has 0 saturated carbocycles. The van der Waals surface area contributed by atoms with Gasteiger partial charge in [-0.25, -0.2) is 4.98 Å². The SMILES string of the molecule is CCCNC1COCC1C(=O)NCCc1ncn(C)n1. The van der Waals surface area contributed by atoms with Crippen LogP contribution in [0.2, 0.25) is 0 Å². The summed E-state index contributed by atoms with van der Waals surface area (Å²) < 4.78 is 7.06. The number of nitrogens with one attached hydrogen (secondary N) is 2. The molecule has 0 spiro atoms. The van der Waals surface area contributed by atoms with Gasteiger partial charge in [-0.1, -0.05) is 6.92 Å². The highest BCUT2D eigenvalue weighted by molar-refractivity contribution is 5.79. The van der Waals surface area contributed by atoms with Crippen LogP contribution in [-0.4, -0.2) is 53.0 Å². The van der Waals surface area contributed by atoms with E-state index in [1.54, 1.807) is 11.0 Å². The summed E-state index contributed by atoms with van der Waals surface area (Å²) in [6.45, 7) is 4.68. The van der Waals surface area contributed by atoms with E-state index in [0.29, 0.717) is 26.2 Å². The highest BCUT2D eigenvalue weighted by Crippen LogP contribution is 2.13. The quantitative estimate of drug-likeness (QED) is 0.703. The Hall–Kier alpha value is -1.47. The molecular weight excluding hydrogens is 258 g/mol. The van der Waals surface area contributed by atoms with Crippen molar-refractivity contribution >= 4 is 5.91 Å². The first kappa shape index (κ1) is 14.9. The third-order valence-electron chi connectivity index (χ3n) is 3.37. The van der Waals surface area contributed by atoms with E-state index < -0.39 is 0 Å². The van der Waals surface area contributed by atoms with E-state index in [2.05, 4.69) is 27.6 Å². The predicted octanol–water partition coefficient (Wildman–Crippen LogP) is -0.512. The van der Waals surface area contributed by atoms with Crippen molar-refractivity contribution in [3.63, 3.8) is 0 Å². The van der Waals surface area contributed by atoms with Gasteiger partial charge < -0.3 is 15.4 Å². The summed E-state index contributed by atoms with van der Waals surface area (Å²) in [6, 6.07) is 0.128. The molecule has 2 rings (SSSR count). The number of aryl methyl sites for hydroxylation is 1. The minimum atomic E-state index is -0.0989. The molecule has 1 aliphatic rings. The maximum Gasteiger partial charge on any atom is 0.227 e. The lowest BCUT2D eigenvalue weighted by Gasteiger charge is -2.18. The molecule has 1 amide bonds. The van der Waals surface area contributed by atoms with E-state index in [1.807, 2.05) is 7.05 Å². The van der Waals surface area contributed by atoms with Crippen molar-refractivity contribution in [3.8, 4) is 0 Å². The Morgan fingerprint density at radius 3 is 3.05 bits per heavy atom. The van der Waals surface area contributed by atoms with Gasteiger partial charge in [0, 0.05) is 26.1 Å². The number of carbonyl (C=O) groups excluding carboxylic acids is 1. The van der Waals surface area contributed by atoms with Crippen LogP contribution in [0.3, 0.4) is 0 Å². The van der Waals surface area contributed by atoms with Gasteiger partial charge in [0.1, 0.15) is 6.33 Å². The first-order chi connectivity index (χ1) is 9.70. The fourth-order valence-corrected chi connectivity index (χ4v) is 2.27. The summed E-state index contributed by atoms with van der Waals surface area (Å²) in [7, 11) is 1.83. The first-order valence-electron chi connectivity index (χ1n) is 7.14. The highest BCUT2D eigenvalue weighted by Gasteiger charge is 2.33. The van der Waals surface area contributed by atoms with Crippen LogP contribution in [0, 0.1) is 5.92 Å².